The fourth-order valence-electron chi connectivity index (χ4n) is 2.18. The molecule has 2 heterocycles. The number of nitro benzene ring substituents is 1. The van der Waals surface area contributed by atoms with Crippen LogP contribution >= 0.6 is 0 Å². The van der Waals surface area contributed by atoms with Gasteiger partial charge in [-0.3, -0.25) is 10.1 Å². The first-order valence-electron chi connectivity index (χ1n) is 6.16. The van der Waals surface area contributed by atoms with Crippen LogP contribution in [0.25, 0.3) is 22.6 Å². The number of oxazole rings is 1. The van der Waals surface area contributed by atoms with Gasteiger partial charge in [0.05, 0.1) is 4.92 Å². The molecule has 0 spiro atoms. The maximum atomic E-state index is 10.8. The summed E-state index contributed by atoms with van der Waals surface area (Å²) >= 11 is 0. The van der Waals surface area contributed by atoms with Crippen molar-refractivity contribution in [3.8, 4) is 23.0 Å². The van der Waals surface area contributed by atoms with E-state index < -0.39 is 4.92 Å². The maximum absolute atomic E-state index is 10.8. The summed E-state index contributed by atoms with van der Waals surface area (Å²) < 4.78 is 16.2. The Labute approximate surface area is 117 Å². The van der Waals surface area contributed by atoms with Crippen LogP contribution in [0.15, 0.2) is 40.8 Å². The molecule has 104 valence electrons. The molecule has 7 heteroatoms. The van der Waals surface area contributed by atoms with Crippen molar-refractivity contribution >= 4 is 16.8 Å². The Balaban J connectivity index is 1.81. The third kappa shape index (κ3) is 1.86. The van der Waals surface area contributed by atoms with Gasteiger partial charge in [0.1, 0.15) is 5.52 Å². The molecule has 0 bridgehead atoms. The van der Waals surface area contributed by atoms with Crippen molar-refractivity contribution < 1.29 is 18.8 Å². The van der Waals surface area contributed by atoms with Gasteiger partial charge in [-0.2, -0.15) is 0 Å². The van der Waals surface area contributed by atoms with Crippen LogP contribution in [0.1, 0.15) is 0 Å². The number of nitrogens with zero attached hydrogens (tertiary/aromatic N) is 2. The standard InChI is InChI=1S/C14H8N2O5/c17-16(18)9-2-4-11-10(6-9)15-14(21-11)8-1-3-12-13(5-8)20-7-19-12/h1-6H,7H2. The smallest absolute Gasteiger partial charge is 0.271 e. The van der Waals surface area contributed by atoms with Gasteiger partial charge in [0.15, 0.2) is 17.1 Å². The number of rotatable bonds is 2. The largest absolute Gasteiger partial charge is 0.454 e. The summed E-state index contributed by atoms with van der Waals surface area (Å²) in [6.45, 7) is 0.193. The van der Waals surface area contributed by atoms with Crippen molar-refractivity contribution in [2.45, 2.75) is 0 Å². The molecule has 1 aliphatic rings. The number of hydrogen-bond acceptors (Lipinski definition) is 6. The van der Waals surface area contributed by atoms with Gasteiger partial charge in [-0.1, -0.05) is 0 Å². The summed E-state index contributed by atoms with van der Waals surface area (Å²) in [5, 5.41) is 10.8. The highest BCUT2D eigenvalue weighted by atomic mass is 16.7. The predicted molar refractivity (Wildman–Crippen MR) is 72.2 cm³/mol. The molecule has 7 nitrogen and oxygen atoms in total. The molecule has 0 N–H and O–H groups in total. The quantitative estimate of drug-likeness (QED) is 0.530. The fraction of sp³-hybridized carbons (Fsp3) is 0.0714. The van der Waals surface area contributed by atoms with Crippen LogP contribution < -0.4 is 9.47 Å². The van der Waals surface area contributed by atoms with E-state index in [1.807, 2.05) is 0 Å². The molecule has 21 heavy (non-hydrogen) atoms. The SMILES string of the molecule is O=[N+]([O-])c1ccc2oc(-c3ccc4c(c3)OCO4)nc2c1. The van der Waals surface area contributed by atoms with E-state index in [0.29, 0.717) is 28.5 Å². The molecule has 0 atom stereocenters. The van der Waals surface area contributed by atoms with Crippen molar-refractivity contribution in [2.75, 3.05) is 6.79 Å². The highest BCUT2D eigenvalue weighted by Crippen LogP contribution is 2.36. The number of aromatic nitrogens is 1. The Morgan fingerprint density at radius 2 is 1.95 bits per heavy atom. The minimum atomic E-state index is -0.464. The molecular weight excluding hydrogens is 276 g/mol. The van der Waals surface area contributed by atoms with E-state index in [1.165, 1.54) is 18.2 Å². The van der Waals surface area contributed by atoms with Crippen molar-refractivity contribution in [2.24, 2.45) is 0 Å². The summed E-state index contributed by atoms with van der Waals surface area (Å²) in [6.07, 6.45) is 0. The monoisotopic (exact) mass is 284 g/mol. The molecule has 1 aliphatic heterocycles. The summed E-state index contributed by atoms with van der Waals surface area (Å²) in [6, 6.07) is 9.65. The van der Waals surface area contributed by atoms with E-state index in [4.69, 9.17) is 13.9 Å². The van der Waals surface area contributed by atoms with E-state index in [9.17, 15) is 10.1 Å². The van der Waals surface area contributed by atoms with Crippen LogP contribution in [-0.4, -0.2) is 16.7 Å². The average molecular weight is 284 g/mol. The van der Waals surface area contributed by atoms with Gasteiger partial charge in [0.25, 0.3) is 5.69 Å². The molecule has 0 aliphatic carbocycles. The zero-order valence-electron chi connectivity index (χ0n) is 10.6. The molecule has 0 fully saturated rings. The first-order valence-corrected chi connectivity index (χ1v) is 6.16. The van der Waals surface area contributed by atoms with Gasteiger partial charge < -0.3 is 13.9 Å². The summed E-state index contributed by atoms with van der Waals surface area (Å²) in [7, 11) is 0. The third-order valence-electron chi connectivity index (χ3n) is 3.20. The van der Waals surface area contributed by atoms with E-state index >= 15 is 0 Å². The minimum Gasteiger partial charge on any atom is -0.454 e. The van der Waals surface area contributed by atoms with E-state index in [2.05, 4.69) is 4.98 Å². The molecule has 2 aromatic carbocycles. The predicted octanol–water partition coefficient (Wildman–Crippen LogP) is 3.13. The molecule has 0 amide bonds. The highest BCUT2D eigenvalue weighted by molar-refractivity contribution is 5.79. The Morgan fingerprint density at radius 1 is 1.10 bits per heavy atom. The first-order chi connectivity index (χ1) is 10.2. The molecule has 3 aromatic rings. The van der Waals surface area contributed by atoms with Gasteiger partial charge in [-0.15, -0.1) is 0 Å². The maximum Gasteiger partial charge on any atom is 0.271 e. The second-order valence-electron chi connectivity index (χ2n) is 4.50. The van der Waals surface area contributed by atoms with Crippen LogP contribution in [0.4, 0.5) is 5.69 Å². The van der Waals surface area contributed by atoms with Crippen molar-refractivity contribution in [1.29, 1.82) is 0 Å². The molecule has 0 saturated heterocycles. The van der Waals surface area contributed by atoms with E-state index in [1.54, 1.807) is 18.2 Å². The average Bonchev–Trinajstić information content (AvgIpc) is 3.11. The Bertz CT molecular complexity index is 871. The molecule has 0 unspecified atom stereocenters. The van der Waals surface area contributed by atoms with Crippen LogP contribution in [0.3, 0.4) is 0 Å². The second kappa shape index (κ2) is 4.20. The molecule has 0 radical (unpaired) electrons. The van der Waals surface area contributed by atoms with Crippen LogP contribution in [0, 0.1) is 10.1 Å². The lowest BCUT2D eigenvalue weighted by molar-refractivity contribution is -0.384. The van der Waals surface area contributed by atoms with Crippen LogP contribution in [-0.2, 0) is 0 Å². The summed E-state index contributed by atoms with van der Waals surface area (Å²) in [5.41, 5.74) is 1.64. The number of nitro groups is 1. The fourth-order valence-corrected chi connectivity index (χ4v) is 2.18. The normalized spacial score (nSPS) is 12.8. The Hall–Kier alpha value is -3.09. The second-order valence-corrected chi connectivity index (χ2v) is 4.50. The van der Waals surface area contributed by atoms with Gasteiger partial charge in [0.2, 0.25) is 12.7 Å². The van der Waals surface area contributed by atoms with Crippen molar-refractivity contribution in [1.82, 2.24) is 4.98 Å². The molecule has 4 rings (SSSR count). The summed E-state index contributed by atoms with van der Waals surface area (Å²) in [4.78, 5) is 14.6. The zero-order chi connectivity index (χ0) is 14.4. The number of benzene rings is 2. The Morgan fingerprint density at radius 3 is 2.81 bits per heavy atom. The van der Waals surface area contributed by atoms with E-state index in [0.717, 1.165) is 5.56 Å². The topological polar surface area (TPSA) is 87.6 Å². The van der Waals surface area contributed by atoms with Gasteiger partial charge >= 0.3 is 0 Å². The first kappa shape index (κ1) is 11.7. The lowest BCUT2D eigenvalue weighted by Gasteiger charge is -1.98. The zero-order valence-corrected chi connectivity index (χ0v) is 10.6. The molecule has 1 aromatic heterocycles. The minimum absolute atomic E-state index is 0.0203. The molecule has 0 saturated carbocycles. The third-order valence-corrected chi connectivity index (χ3v) is 3.20. The summed E-state index contributed by atoms with van der Waals surface area (Å²) in [5.74, 6) is 1.68. The Kier molecular flexibility index (Phi) is 2.34. The highest BCUT2D eigenvalue weighted by Gasteiger charge is 2.17. The number of fused-ring (bicyclic) bond motifs is 2. The lowest BCUT2D eigenvalue weighted by atomic mass is 10.2. The van der Waals surface area contributed by atoms with Crippen molar-refractivity contribution in [3.05, 3.63) is 46.5 Å². The number of ether oxygens (including phenoxy) is 2. The number of hydrogen-bond donors (Lipinski definition) is 0. The van der Waals surface area contributed by atoms with Gasteiger partial charge in [0, 0.05) is 17.7 Å². The van der Waals surface area contributed by atoms with Gasteiger partial charge in [-0.25, -0.2) is 4.98 Å². The van der Waals surface area contributed by atoms with Gasteiger partial charge in [-0.05, 0) is 24.3 Å². The molecular formula is C14H8N2O5. The van der Waals surface area contributed by atoms with Crippen LogP contribution in [0.5, 0.6) is 11.5 Å². The lowest BCUT2D eigenvalue weighted by Crippen LogP contribution is -1.92. The van der Waals surface area contributed by atoms with E-state index in [-0.39, 0.29) is 12.5 Å². The van der Waals surface area contributed by atoms with Crippen LogP contribution in [0.2, 0.25) is 0 Å². The number of non-ortho nitro benzene ring substituents is 1. The van der Waals surface area contributed by atoms with Crippen molar-refractivity contribution in [3.63, 3.8) is 0 Å².